The summed E-state index contributed by atoms with van der Waals surface area (Å²) in [6.07, 6.45) is 5.72. The van der Waals surface area contributed by atoms with Gasteiger partial charge in [0.1, 0.15) is 6.04 Å². The number of pyridine rings is 1. The monoisotopic (exact) mass is 247 g/mol. The first-order chi connectivity index (χ1) is 8.59. The Morgan fingerprint density at radius 2 is 2.17 bits per heavy atom. The van der Waals surface area contributed by atoms with Gasteiger partial charge >= 0.3 is 0 Å². The van der Waals surface area contributed by atoms with E-state index in [0.29, 0.717) is 18.5 Å². The average molecular weight is 247 g/mol. The molecule has 0 aromatic carbocycles. The minimum atomic E-state index is -0.480. The summed E-state index contributed by atoms with van der Waals surface area (Å²) in [4.78, 5) is 29.3. The fraction of sp³-hybridized carbons (Fsp3) is 0.462. The quantitative estimate of drug-likeness (QED) is 0.842. The summed E-state index contributed by atoms with van der Waals surface area (Å²) in [5.74, 6) is -0.585. The van der Waals surface area contributed by atoms with Crippen LogP contribution >= 0.6 is 0 Å². The van der Waals surface area contributed by atoms with Crippen LogP contribution in [0.2, 0.25) is 0 Å². The summed E-state index contributed by atoms with van der Waals surface area (Å²) >= 11 is 0. The minimum absolute atomic E-state index is 0.158. The molecule has 18 heavy (non-hydrogen) atoms. The first-order valence-electron chi connectivity index (χ1n) is 6.11. The molecule has 1 fully saturated rings. The van der Waals surface area contributed by atoms with Crippen LogP contribution in [0.15, 0.2) is 18.5 Å². The zero-order chi connectivity index (χ0) is 13.1. The van der Waals surface area contributed by atoms with E-state index in [1.54, 1.807) is 17.2 Å². The molecule has 0 radical (unpaired) electrons. The highest BCUT2D eigenvalue weighted by Crippen LogP contribution is 2.19. The molecule has 2 amide bonds. The van der Waals surface area contributed by atoms with E-state index in [2.05, 4.69) is 4.98 Å². The fourth-order valence-corrected chi connectivity index (χ4v) is 2.31. The van der Waals surface area contributed by atoms with Gasteiger partial charge in [-0.25, -0.2) is 0 Å². The van der Waals surface area contributed by atoms with E-state index in [0.717, 1.165) is 18.4 Å². The van der Waals surface area contributed by atoms with Crippen molar-refractivity contribution in [3.63, 3.8) is 0 Å². The number of hydrogen-bond donors (Lipinski definition) is 1. The third-order valence-corrected chi connectivity index (χ3v) is 3.21. The smallest absolute Gasteiger partial charge is 0.256 e. The first-order valence-corrected chi connectivity index (χ1v) is 6.11. The maximum absolute atomic E-state index is 12.3. The molecule has 2 heterocycles. The topological polar surface area (TPSA) is 76.3 Å². The van der Waals surface area contributed by atoms with Crippen molar-refractivity contribution in [2.24, 2.45) is 5.73 Å². The van der Waals surface area contributed by atoms with E-state index in [1.807, 2.05) is 6.92 Å². The van der Waals surface area contributed by atoms with Gasteiger partial charge in [0.2, 0.25) is 5.91 Å². The summed E-state index contributed by atoms with van der Waals surface area (Å²) in [6.45, 7) is 2.46. The molecule has 1 saturated heterocycles. The van der Waals surface area contributed by atoms with Crippen LogP contribution in [0.4, 0.5) is 0 Å². The number of piperidine rings is 1. The van der Waals surface area contributed by atoms with E-state index < -0.39 is 11.9 Å². The van der Waals surface area contributed by atoms with Gasteiger partial charge in [0.05, 0.1) is 5.56 Å². The standard InChI is InChI=1S/C13H17N3O2/c1-9-6-10(8-15-7-9)13(18)16-5-3-2-4-11(16)12(14)17/h6-8,11H,2-5H2,1H3,(H2,14,17)/t11-/m0/s1. The Hall–Kier alpha value is -1.91. The van der Waals surface area contributed by atoms with Crippen molar-refractivity contribution in [1.29, 1.82) is 0 Å². The third-order valence-electron chi connectivity index (χ3n) is 3.21. The van der Waals surface area contributed by atoms with Crippen LogP contribution in [0.25, 0.3) is 0 Å². The van der Waals surface area contributed by atoms with Crippen LogP contribution < -0.4 is 5.73 Å². The summed E-state index contributed by atoms with van der Waals surface area (Å²) in [7, 11) is 0. The molecule has 0 aliphatic carbocycles. The lowest BCUT2D eigenvalue weighted by Gasteiger charge is -2.33. The summed E-state index contributed by atoms with van der Waals surface area (Å²) in [5, 5.41) is 0. The van der Waals surface area contributed by atoms with Crippen molar-refractivity contribution in [1.82, 2.24) is 9.88 Å². The summed E-state index contributed by atoms with van der Waals surface area (Å²) < 4.78 is 0. The van der Waals surface area contributed by atoms with Crippen LogP contribution in [0, 0.1) is 6.92 Å². The Balaban J connectivity index is 2.23. The molecule has 2 rings (SSSR count). The van der Waals surface area contributed by atoms with Gasteiger partial charge in [-0.05, 0) is 37.8 Å². The maximum Gasteiger partial charge on any atom is 0.256 e. The van der Waals surface area contributed by atoms with Gasteiger partial charge in [-0.2, -0.15) is 0 Å². The number of primary amides is 1. The number of aromatic nitrogens is 1. The zero-order valence-electron chi connectivity index (χ0n) is 10.4. The van der Waals surface area contributed by atoms with Crippen LogP contribution in [0.3, 0.4) is 0 Å². The number of rotatable bonds is 2. The highest BCUT2D eigenvalue weighted by molar-refractivity contribution is 5.97. The van der Waals surface area contributed by atoms with Gasteiger partial charge in [0, 0.05) is 18.9 Å². The molecule has 1 aromatic heterocycles. The number of amides is 2. The lowest BCUT2D eigenvalue weighted by Crippen LogP contribution is -2.50. The minimum Gasteiger partial charge on any atom is -0.368 e. The second-order valence-electron chi connectivity index (χ2n) is 4.66. The van der Waals surface area contributed by atoms with Gasteiger partial charge in [-0.1, -0.05) is 0 Å². The third kappa shape index (κ3) is 2.50. The predicted octanol–water partition coefficient (Wildman–Crippen LogP) is 0.870. The van der Waals surface area contributed by atoms with Crippen LogP contribution in [-0.4, -0.2) is 34.3 Å². The second kappa shape index (κ2) is 5.16. The van der Waals surface area contributed by atoms with Crippen LogP contribution in [-0.2, 0) is 4.79 Å². The van der Waals surface area contributed by atoms with Gasteiger partial charge in [-0.15, -0.1) is 0 Å². The van der Waals surface area contributed by atoms with Crippen molar-refractivity contribution in [3.8, 4) is 0 Å². The Bertz CT molecular complexity index is 473. The lowest BCUT2D eigenvalue weighted by molar-refractivity contribution is -0.123. The molecule has 1 aliphatic rings. The number of carbonyl (C=O) groups excluding carboxylic acids is 2. The molecule has 5 nitrogen and oxygen atoms in total. The molecule has 5 heteroatoms. The van der Waals surface area contributed by atoms with Crippen molar-refractivity contribution >= 4 is 11.8 Å². The van der Waals surface area contributed by atoms with Gasteiger partial charge in [0.15, 0.2) is 0 Å². The van der Waals surface area contributed by atoms with Crippen molar-refractivity contribution in [3.05, 3.63) is 29.6 Å². The highest BCUT2D eigenvalue weighted by Gasteiger charge is 2.31. The summed E-state index contributed by atoms with van der Waals surface area (Å²) in [5.41, 5.74) is 6.80. The van der Waals surface area contributed by atoms with Gasteiger partial charge in [-0.3, -0.25) is 14.6 Å². The predicted molar refractivity (Wildman–Crippen MR) is 66.8 cm³/mol. The van der Waals surface area contributed by atoms with Gasteiger partial charge in [0.25, 0.3) is 5.91 Å². The van der Waals surface area contributed by atoms with Gasteiger partial charge < -0.3 is 10.6 Å². The first kappa shape index (κ1) is 12.5. The Labute approximate surface area is 106 Å². The number of nitrogens with two attached hydrogens (primary N) is 1. The normalized spacial score (nSPS) is 19.6. The SMILES string of the molecule is Cc1cncc(C(=O)N2CCCC[C@H]2C(N)=O)c1. The molecule has 0 spiro atoms. The van der Waals surface area contributed by atoms with E-state index in [4.69, 9.17) is 5.73 Å². The molecular formula is C13H17N3O2. The highest BCUT2D eigenvalue weighted by atomic mass is 16.2. The number of hydrogen-bond acceptors (Lipinski definition) is 3. The number of nitrogens with zero attached hydrogens (tertiary/aromatic N) is 2. The van der Waals surface area contributed by atoms with E-state index in [1.165, 1.54) is 6.20 Å². The van der Waals surface area contributed by atoms with Crippen molar-refractivity contribution in [2.45, 2.75) is 32.2 Å². The van der Waals surface area contributed by atoms with Crippen molar-refractivity contribution in [2.75, 3.05) is 6.54 Å². The largest absolute Gasteiger partial charge is 0.368 e. The Morgan fingerprint density at radius 1 is 1.39 bits per heavy atom. The molecule has 1 aliphatic heterocycles. The van der Waals surface area contributed by atoms with E-state index in [9.17, 15) is 9.59 Å². The molecular weight excluding hydrogens is 230 g/mol. The maximum atomic E-state index is 12.3. The zero-order valence-corrected chi connectivity index (χ0v) is 10.4. The van der Waals surface area contributed by atoms with Crippen LogP contribution in [0.1, 0.15) is 35.2 Å². The molecule has 1 aromatic rings. The van der Waals surface area contributed by atoms with Crippen LogP contribution in [0.5, 0.6) is 0 Å². The van der Waals surface area contributed by atoms with E-state index >= 15 is 0 Å². The Morgan fingerprint density at radius 3 is 2.83 bits per heavy atom. The summed E-state index contributed by atoms with van der Waals surface area (Å²) in [6, 6.07) is 1.30. The molecule has 0 unspecified atom stereocenters. The number of aryl methyl sites for hydroxylation is 1. The number of likely N-dealkylation sites (tertiary alicyclic amines) is 1. The van der Waals surface area contributed by atoms with E-state index in [-0.39, 0.29) is 5.91 Å². The molecule has 1 atom stereocenters. The second-order valence-corrected chi connectivity index (χ2v) is 4.66. The molecule has 0 saturated carbocycles. The Kier molecular flexibility index (Phi) is 3.60. The van der Waals surface area contributed by atoms with Crippen molar-refractivity contribution < 1.29 is 9.59 Å². The molecule has 96 valence electrons. The molecule has 0 bridgehead atoms. The molecule has 2 N–H and O–H groups in total. The fourth-order valence-electron chi connectivity index (χ4n) is 2.31. The lowest BCUT2D eigenvalue weighted by atomic mass is 10.0. The average Bonchev–Trinajstić information content (AvgIpc) is 2.38. The number of carbonyl (C=O) groups is 2.